The molecular weight excluding hydrogens is 246 g/mol. The Morgan fingerprint density at radius 3 is 2.47 bits per heavy atom. The number of carboxylic acid groups (broad SMARTS) is 1. The fraction of sp³-hybridized carbons (Fsp3) is 0.929. The first-order valence-electron chi connectivity index (χ1n) is 6.95. The summed E-state index contributed by atoms with van der Waals surface area (Å²) in [6.07, 6.45) is 1.40. The molecule has 0 aromatic carbocycles. The molecule has 0 aliphatic heterocycles. The summed E-state index contributed by atoms with van der Waals surface area (Å²) in [5.74, 6) is -0.748. The van der Waals surface area contributed by atoms with Crippen molar-refractivity contribution in [2.24, 2.45) is 5.41 Å². The highest BCUT2D eigenvalue weighted by atomic mass is 16.5. The van der Waals surface area contributed by atoms with E-state index in [1.807, 2.05) is 13.8 Å². The number of nitrogens with one attached hydrogen (secondary N) is 1. The minimum atomic E-state index is -0.748. The fourth-order valence-corrected chi connectivity index (χ4v) is 1.63. The Morgan fingerprint density at radius 2 is 1.95 bits per heavy atom. The second kappa shape index (κ2) is 9.28. The third kappa shape index (κ3) is 12.1. The number of ether oxygens (including phenoxy) is 1. The van der Waals surface area contributed by atoms with Gasteiger partial charge < -0.3 is 20.3 Å². The molecule has 0 aliphatic carbocycles. The highest BCUT2D eigenvalue weighted by Crippen LogP contribution is 2.25. The quantitative estimate of drug-likeness (QED) is 0.500. The molecule has 5 heteroatoms. The van der Waals surface area contributed by atoms with Crippen LogP contribution in [0.25, 0.3) is 0 Å². The minimum Gasteiger partial charge on any atom is -0.481 e. The van der Waals surface area contributed by atoms with Crippen LogP contribution in [0.4, 0.5) is 0 Å². The van der Waals surface area contributed by atoms with Gasteiger partial charge in [0.15, 0.2) is 0 Å². The largest absolute Gasteiger partial charge is 0.481 e. The van der Waals surface area contributed by atoms with Crippen LogP contribution < -0.4 is 5.32 Å². The van der Waals surface area contributed by atoms with E-state index in [4.69, 9.17) is 9.84 Å². The van der Waals surface area contributed by atoms with Crippen LogP contribution in [0.1, 0.15) is 47.0 Å². The van der Waals surface area contributed by atoms with Gasteiger partial charge in [-0.05, 0) is 38.6 Å². The number of rotatable bonds is 11. The summed E-state index contributed by atoms with van der Waals surface area (Å²) in [7, 11) is 0. The lowest BCUT2D eigenvalue weighted by atomic mass is 9.84. The Hall–Kier alpha value is -0.650. The molecule has 0 rings (SSSR count). The van der Waals surface area contributed by atoms with Crippen LogP contribution in [0.5, 0.6) is 0 Å². The average Bonchev–Trinajstić information content (AvgIpc) is 2.30. The molecule has 0 aromatic rings. The first-order chi connectivity index (χ1) is 8.73. The van der Waals surface area contributed by atoms with Crippen LogP contribution in [0.15, 0.2) is 0 Å². The molecule has 1 unspecified atom stereocenters. The molecule has 0 bridgehead atoms. The van der Waals surface area contributed by atoms with Crippen molar-refractivity contribution < 1.29 is 19.7 Å². The highest BCUT2D eigenvalue weighted by Gasteiger charge is 2.18. The van der Waals surface area contributed by atoms with Crippen molar-refractivity contribution in [3.63, 3.8) is 0 Å². The number of aliphatic carboxylic acids is 1. The highest BCUT2D eigenvalue weighted by molar-refractivity contribution is 5.66. The zero-order chi connectivity index (χ0) is 14.9. The number of aliphatic hydroxyl groups is 1. The molecule has 1 atom stereocenters. The Bertz CT molecular complexity index is 254. The third-order valence-corrected chi connectivity index (χ3v) is 3.00. The predicted molar refractivity (Wildman–Crippen MR) is 75.2 cm³/mol. The van der Waals surface area contributed by atoms with Gasteiger partial charge in [0, 0.05) is 13.0 Å². The van der Waals surface area contributed by atoms with Gasteiger partial charge in [-0.3, -0.25) is 4.79 Å². The molecule has 0 amide bonds. The lowest BCUT2D eigenvalue weighted by Gasteiger charge is -2.24. The summed E-state index contributed by atoms with van der Waals surface area (Å²) in [6.45, 7) is 9.61. The van der Waals surface area contributed by atoms with Crippen molar-refractivity contribution in [2.45, 2.75) is 59.2 Å². The molecule has 114 valence electrons. The molecule has 0 heterocycles. The Balaban J connectivity index is 3.63. The minimum absolute atomic E-state index is 0.00474. The second-order valence-electron chi connectivity index (χ2n) is 6.05. The number of hydrogen-bond donors (Lipinski definition) is 3. The summed E-state index contributed by atoms with van der Waals surface area (Å²) in [5.41, 5.74) is 0.00474. The van der Waals surface area contributed by atoms with E-state index in [1.54, 1.807) is 0 Å². The van der Waals surface area contributed by atoms with Gasteiger partial charge in [0.2, 0.25) is 0 Å². The van der Waals surface area contributed by atoms with Gasteiger partial charge in [-0.1, -0.05) is 13.8 Å². The molecule has 3 N–H and O–H groups in total. The van der Waals surface area contributed by atoms with E-state index in [-0.39, 0.29) is 17.9 Å². The first kappa shape index (κ1) is 18.4. The van der Waals surface area contributed by atoms with Gasteiger partial charge in [-0.2, -0.15) is 0 Å². The maximum atomic E-state index is 10.5. The van der Waals surface area contributed by atoms with Crippen molar-refractivity contribution in [1.29, 1.82) is 0 Å². The average molecular weight is 275 g/mol. The molecule has 19 heavy (non-hydrogen) atoms. The summed E-state index contributed by atoms with van der Waals surface area (Å²) >= 11 is 0. The van der Waals surface area contributed by atoms with Crippen molar-refractivity contribution in [3.05, 3.63) is 0 Å². The standard InChI is InChI=1S/C14H29NO4/c1-11(2)19-10-12(16)9-15-8-7-14(3,4)6-5-13(17)18/h11-12,15-16H,5-10H2,1-4H3,(H,17,18). The van der Waals surface area contributed by atoms with Crippen LogP contribution in [-0.4, -0.2) is 48.1 Å². The van der Waals surface area contributed by atoms with E-state index in [0.29, 0.717) is 19.6 Å². The van der Waals surface area contributed by atoms with Crippen molar-refractivity contribution in [3.8, 4) is 0 Å². The van der Waals surface area contributed by atoms with Gasteiger partial charge >= 0.3 is 5.97 Å². The molecule has 5 nitrogen and oxygen atoms in total. The number of hydrogen-bond acceptors (Lipinski definition) is 4. The van der Waals surface area contributed by atoms with Crippen molar-refractivity contribution in [2.75, 3.05) is 19.7 Å². The van der Waals surface area contributed by atoms with E-state index in [9.17, 15) is 9.90 Å². The van der Waals surface area contributed by atoms with Crippen LogP contribution in [-0.2, 0) is 9.53 Å². The van der Waals surface area contributed by atoms with Crippen molar-refractivity contribution >= 4 is 5.97 Å². The summed E-state index contributed by atoms with van der Waals surface area (Å²) < 4.78 is 5.31. The van der Waals surface area contributed by atoms with Crippen LogP contribution in [0.2, 0.25) is 0 Å². The maximum absolute atomic E-state index is 10.5. The molecule has 0 spiro atoms. The molecule has 0 aliphatic rings. The van der Waals surface area contributed by atoms with E-state index in [0.717, 1.165) is 13.0 Å². The zero-order valence-corrected chi connectivity index (χ0v) is 12.6. The SMILES string of the molecule is CC(C)OCC(O)CNCCC(C)(C)CCC(=O)O. The zero-order valence-electron chi connectivity index (χ0n) is 12.6. The van der Waals surface area contributed by atoms with Crippen LogP contribution in [0, 0.1) is 5.41 Å². The predicted octanol–water partition coefficient (Wildman–Crippen LogP) is 1.64. The van der Waals surface area contributed by atoms with Crippen LogP contribution >= 0.6 is 0 Å². The van der Waals surface area contributed by atoms with Gasteiger partial charge in [0.1, 0.15) is 0 Å². The summed E-state index contributed by atoms with van der Waals surface area (Å²) in [6, 6.07) is 0. The maximum Gasteiger partial charge on any atom is 0.303 e. The molecule has 0 fully saturated rings. The van der Waals surface area contributed by atoms with E-state index < -0.39 is 12.1 Å². The second-order valence-corrected chi connectivity index (χ2v) is 6.05. The van der Waals surface area contributed by atoms with E-state index >= 15 is 0 Å². The smallest absolute Gasteiger partial charge is 0.303 e. The van der Waals surface area contributed by atoms with Crippen molar-refractivity contribution in [1.82, 2.24) is 5.32 Å². The molecule has 0 aromatic heterocycles. The monoisotopic (exact) mass is 275 g/mol. The number of carboxylic acids is 1. The van der Waals surface area contributed by atoms with E-state index in [2.05, 4.69) is 19.2 Å². The molecule has 0 saturated heterocycles. The van der Waals surface area contributed by atoms with E-state index in [1.165, 1.54) is 0 Å². The molecule has 0 radical (unpaired) electrons. The summed E-state index contributed by atoms with van der Waals surface area (Å²) in [5, 5.41) is 21.5. The lowest BCUT2D eigenvalue weighted by molar-refractivity contribution is -0.137. The topological polar surface area (TPSA) is 78.8 Å². The van der Waals surface area contributed by atoms with Gasteiger partial charge in [0.25, 0.3) is 0 Å². The third-order valence-electron chi connectivity index (χ3n) is 3.00. The Kier molecular flexibility index (Phi) is 8.97. The molecular formula is C14H29NO4. The molecule has 0 saturated carbocycles. The Morgan fingerprint density at radius 1 is 1.32 bits per heavy atom. The lowest BCUT2D eigenvalue weighted by Crippen LogP contribution is -2.33. The van der Waals surface area contributed by atoms with Gasteiger partial charge in [-0.25, -0.2) is 0 Å². The number of carbonyl (C=O) groups is 1. The Labute approximate surface area is 116 Å². The number of aliphatic hydroxyl groups excluding tert-OH is 1. The normalized spacial score (nSPS) is 13.8. The fourth-order valence-electron chi connectivity index (χ4n) is 1.63. The van der Waals surface area contributed by atoms with Crippen LogP contribution in [0.3, 0.4) is 0 Å². The van der Waals surface area contributed by atoms with Gasteiger partial charge in [0.05, 0.1) is 18.8 Å². The van der Waals surface area contributed by atoms with Gasteiger partial charge in [-0.15, -0.1) is 0 Å². The first-order valence-corrected chi connectivity index (χ1v) is 6.95. The summed E-state index contributed by atoms with van der Waals surface area (Å²) in [4.78, 5) is 10.5.